The summed E-state index contributed by atoms with van der Waals surface area (Å²) in [5.74, 6) is 0.847. The predicted octanol–water partition coefficient (Wildman–Crippen LogP) is 5.02. The van der Waals surface area contributed by atoms with Gasteiger partial charge in [0.05, 0.1) is 13.2 Å². The Kier molecular flexibility index (Phi) is 4.86. The Morgan fingerprint density at radius 3 is 2.53 bits per heavy atom. The molecule has 0 bridgehead atoms. The van der Waals surface area contributed by atoms with Gasteiger partial charge in [-0.3, -0.25) is 0 Å². The molecule has 0 aliphatic carbocycles. The van der Waals surface area contributed by atoms with Gasteiger partial charge in [-0.05, 0) is 24.1 Å². The molecule has 2 rings (SSSR count). The quantitative estimate of drug-likeness (QED) is 0.835. The molecule has 0 amide bonds. The van der Waals surface area contributed by atoms with Gasteiger partial charge in [-0.15, -0.1) is 0 Å². The zero-order chi connectivity index (χ0) is 13.7. The molecule has 1 unspecified atom stereocenters. The second-order valence-corrected chi connectivity index (χ2v) is 5.31. The molecule has 0 heterocycles. The van der Waals surface area contributed by atoms with Crippen molar-refractivity contribution in [2.24, 2.45) is 0 Å². The summed E-state index contributed by atoms with van der Waals surface area (Å²) < 4.78 is 6.30. The predicted molar refractivity (Wildman–Crippen MR) is 83.8 cm³/mol. The first-order valence-corrected chi connectivity index (χ1v) is 7.18. The molecule has 0 aliphatic rings. The Morgan fingerprint density at radius 1 is 1.16 bits per heavy atom. The maximum atomic E-state index is 5.29. The first-order valence-electron chi connectivity index (χ1n) is 6.39. The van der Waals surface area contributed by atoms with E-state index in [1.54, 1.807) is 7.11 Å². The fraction of sp³-hybridized carbons (Fsp3) is 0.250. The summed E-state index contributed by atoms with van der Waals surface area (Å²) in [6.45, 7) is 2.18. The van der Waals surface area contributed by atoms with Crippen molar-refractivity contribution >= 4 is 21.6 Å². The highest BCUT2D eigenvalue weighted by molar-refractivity contribution is 9.10. The van der Waals surface area contributed by atoms with Crippen LogP contribution in [0, 0.1) is 0 Å². The maximum Gasteiger partial charge on any atom is 0.122 e. The summed E-state index contributed by atoms with van der Waals surface area (Å²) in [4.78, 5) is 0. The van der Waals surface area contributed by atoms with Crippen molar-refractivity contribution in [2.75, 3.05) is 12.4 Å². The van der Waals surface area contributed by atoms with Crippen LogP contribution in [-0.2, 0) is 0 Å². The van der Waals surface area contributed by atoms with Crippen LogP contribution in [0.15, 0.2) is 53.0 Å². The summed E-state index contributed by atoms with van der Waals surface area (Å²) in [7, 11) is 1.68. The summed E-state index contributed by atoms with van der Waals surface area (Å²) in [5, 5.41) is 3.55. The van der Waals surface area contributed by atoms with Gasteiger partial charge < -0.3 is 10.1 Å². The number of halogens is 1. The summed E-state index contributed by atoms with van der Waals surface area (Å²) in [6.07, 6.45) is 1.03. The molecule has 0 radical (unpaired) electrons. The zero-order valence-electron chi connectivity index (χ0n) is 11.2. The normalized spacial score (nSPS) is 11.9. The topological polar surface area (TPSA) is 21.3 Å². The van der Waals surface area contributed by atoms with Gasteiger partial charge in [-0.2, -0.15) is 0 Å². The van der Waals surface area contributed by atoms with Crippen molar-refractivity contribution < 1.29 is 4.74 Å². The van der Waals surface area contributed by atoms with Crippen LogP contribution in [0.25, 0.3) is 0 Å². The zero-order valence-corrected chi connectivity index (χ0v) is 12.8. The van der Waals surface area contributed by atoms with Gasteiger partial charge in [0.25, 0.3) is 0 Å². The smallest absolute Gasteiger partial charge is 0.122 e. The lowest BCUT2D eigenvalue weighted by molar-refractivity contribution is 0.414. The molecule has 1 atom stereocenters. The van der Waals surface area contributed by atoms with E-state index < -0.39 is 0 Å². The third kappa shape index (κ3) is 3.74. The molecule has 0 aliphatic heterocycles. The fourth-order valence-electron chi connectivity index (χ4n) is 2.07. The van der Waals surface area contributed by atoms with Crippen LogP contribution in [0.1, 0.15) is 24.9 Å². The van der Waals surface area contributed by atoms with Crippen LogP contribution < -0.4 is 10.1 Å². The van der Waals surface area contributed by atoms with Crippen LogP contribution in [0.4, 0.5) is 5.69 Å². The molecule has 0 aromatic heterocycles. The molecule has 0 fully saturated rings. The number of hydrogen-bond acceptors (Lipinski definition) is 2. The molecule has 2 nitrogen and oxygen atoms in total. The van der Waals surface area contributed by atoms with E-state index in [2.05, 4.69) is 58.5 Å². The molecule has 100 valence electrons. The largest absolute Gasteiger partial charge is 0.497 e. The van der Waals surface area contributed by atoms with Crippen LogP contribution >= 0.6 is 15.9 Å². The highest BCUT2D eigenvalue weighted by atomic mass is 79.9. The number of methoxy groups -OCH3 is 1. The van der Waals surface area contributed by atoms with E-state index in [9.17, 15) is 0 Å². The number of rotatable bonds is 5. The van der Waals surface area contributed by atoms with Gasteiger partial charge in [0.15, 0.2) is 0 Å². The number of anilines is 1. The van der Waals surface area contributed by atoms with Gasteiger partial charge in [-0.25, -0.2) is 0 Å². The molecular formula is C16H18BrNO. The molecular weight excluding hydrogens is 302 g/mol. The number of ether oxygens (including phenoxy) is 1. The minimum atomic E-state index is 0.306. The summed E-state index contributed by atoms with van der Waals surface area (Å²) in [6, 6.07) is 16.8. The lowest BCUT2D eigenvalue weighted by atomic mass is 10.0. The van der Waals surface area contributed by atoms with E-state index in [4.69, 9.17) is 4.74 Å². The standard InChI is InChI=1S/C16H18BrNO/c1-3-16(12-7-5-4-6-8-12)18-14-9-13(17)10-15(11-14)19-2/h4-11,16,18H,3H2,1-2H3. The summed E-state index contributed by atoms with van der Waals surface area (Å²) >= 11 is 3.50. The second kappa shape index (κ2) is 6.62. The van der Waals surface area contributed by atoms with Crippen molar-refractivity contribution in [3.8, 4) is 5.75 Å². The van der Waals surface area contributed by atoms with Gasteiger partial charge in [-0.1, -0.05) is 53.2 Å². The monoisotopic (exact) mass is 319 g/mol. The lowest BCUT2D eigenvalue weighted by Gasteiger charge is -2.19. The second-order valence-electron chi connectivity index (χ2n) is 4.40. The Hall–Kier alpha value is -1.48. The van der Waals surface area contributed by atoms with Crippen LogP contribution in [0.5, 0.6) is 5.75 Å². The maximum absolute atomic E-state index is 5.29. The van der Waals surface area contributed by atoms with E-state index in [1.165, 1.54) is 5.56 Å². The molecule has 0 spiro atoms. The van der Waals surface area contributed by atoms with E-state index in [1.807, 2.05) is 18.2 Å². The van der Waals surface area contributed by atoms with Crippen molar-refractivity contribution in [1.82, 2.24) is 0 Å². The SMILES string of the molecule is CCC(Nc1cc(Br)cc(OC)c1)c1ccccc1. The highest BCUT2D eigenvalue weighted by Gasteiger charge is 2.09. The van der Waals surface area contributed by atoms with Crippen molar-refractivity contribution in [3.05, 3.63) is 58.6 Å². The molecule has 1 N–H and O–H groups in total. The van der Waals surface area contributed by atoms with Gasteiger partial charge in [0.2, 0.25) is 0 Å². The van der Waals surface area contributed by atoms with Crippen molar-refractivity contribution in [2.45, 2.75) is 19.4 Å². The fourth-order valence-corrected chi connectivity index (χ4v) is 2.54. The number of nitrogens with one attached hydrogen (secondary N) is 1. The van der Waals surface area contributed by atoms with E-state index in [0.717, 1.165) is 22.3 Å². The Balaban J connectivity index is 2.21. The molecule has 3 heteroatoms. The highest BCUT2D eigenvalue weighted by Crippen LogP contribution is 2.28. The number of benzene rings is 2. The van der Waals surface area contributed by atoms with Crippen LogP contribution in [0.2, 0.25) is 0 Å². The minimum Gasteiger partial charge on any atom is -0.497 e. The van der Waals surface area contributed by atoms with E-state index in [0.29, 0.717) is 6.04 Å². The average molecular weight is 320 g/mol. The van der Waals surface area contributed by atoms with Gasteiger partial charge in [0, 0.05) is 16.2 Å². The first-order chi connectivity index (χ1) is 9.22. The average Bonchev–Trinajstić information content (AvgIpc) is 2.45. The summed E-state index contributed by atoms with van der Waals surface area (Å²) in [5.41, 5.74) is 2.35. The molecule has 0 saturated carbocycles. The molecule has 0 saturated heterocycles. The first kappa shape index (κ1) is 13.9. The van der Waals surface area contributed by atoms with Gasteiger partial charge in [0.1, 0.15) is 5.75 Å². The molecule has 2 aromatic rings. The van der Waals surface area contributed by atoms with E-state index in [-0.39, 0.29) is 0 Å². The number of hydrogen-bond donors (Lipinski definition) is 1. The Bertz CT molecular complexity index is 528. The van der Waals surface area contributed by atoms with E-state index >= 15 is 0 Å². The molecule has 19 heavy (non-hydrogen) atoms. The Labute approximate surface area is 122 Å². The van der Waals surface area contributed by atoms with Crippen molar-refractivity contribution in [3.63, 3.8) is 0 Å². The Morgan fingerprint density at radius 2 is 1.89 bits per heavy atom. The van der Waals surface area contributed by atoms with Crippen LogP contribution in [-0.4, -0.2) is 7.11 Å². The van der Waals surface area contributed by atoms with Gasteiger partial charge >= 0.3 is 0 Å². The van der Waals surface area contributed by atoms with Crippen molar-refractivity contribution in [1.29, 1.82) is 0 Å². The van der Waals surface area contributed by atoms with Crippen LogP contribution in [0.3, 0.4) is 0 Å². The minimum absolute atomic E-state index is 0.306. The third-order valence-electron chi connectivity index (χ3n) is 3.06. The molecule has 2 aromatic carbocycles. The lowest BCUT2D eigenvalue weighted by Crippen LogP contribution is -2.09. The third-order valence-corrected chi connectivity index (χ3v) is 3.52.